The summed E-state index contributed by atoms with van der Waals surface area (Å²) < 4.78 is 5.14. The van der Waals surface area contributed by atoms with E-state index in [0.29, 0.717) is 25.3 Å². The molecule has 6 heteroatoms. The minimum absolute atomic E-state index is 0.0112. The fraction of sp³-hybridized carbons (Fsp3) is 0.571. The Hall–Kier alpha value is -1.98. The molecule has 6 nitrogen and oxygen atoms in total. The van der Waals surface area contributed by atoms with Crippen LogP contribution in [0.5, 0.6) is 0 Å². The number of carboxylic acid groups (broad SMARTS) is 1. The smallest absolute Gasteiger partial charge is 0.317 e. The van der Waals surface area contributed by atoms with Gasteiger partial charge in [-0.15, -0.1) is 0 Å². The normalized spacial score (nSPS) is 22.2. The maximum absolute atomic E-state index is 12.1. The lowest BCUT2D eigenvalue weighted by Gasteiger charge is -2.28. The summed E-state index contributed by atoms with van der Waals surface area (Å²) >= 11 is 0. The average molecular weight is 280 g/mol. The third-order valence-electron chi connectivity index (χ3n) is 4.11. The van der Waals surface area contributed by atoms with Crippen LogP contribution in [0.4, 0.5) is 4.79 Å². The van der Waals surface area contributed by atoms with E-state index in [4.69, 9.17) is 4.42 Å². The molecular formula is C14H20N2O4. The first-order valence-corrected chi connectivity index (χ1v) is 6.74. The van der Waals surface area contributed by atoms with Crippen LogP contribution in [0.3, 0.4) is 0 Å². The zero-order valence-electron chi connectivity index (χ0n) is 11.8. The topological polar surface area (TPSA) is 82.8 Å². The monoisotopic (exact) mass is 280 g/mol. The Bertz CT molecular complexity index is 483. The summed E-state index contributed by atoms with van der Waals surface area (Å²) in [6, 6.07) is 3.29. The highest BCUT2D eigenvalue weighted by atomic mass is 16.4. The van der Waals surface area contributed by atoms with Gasteiger partial charge in [0, 0.05) is 13.1 Å². The molecule has 0 bridgehead atoms. The molecule has 0 spiro atoms. The Kier molecular flexibility index (Phi) is 4.01. The van der Waals surface area contributed by atoms with E-state index in [0.717, 1.165) is 0 Å². The van der Waals surface area contributed by atoms with Gasteiger partial charge in [-0.3, -0.25) is 4.79 Å². The van der Waals surface area contributed by atoms with Gasteiger partial charge in [0.05, 0.1) is 18.2 Å². The van der Waals surface area contributed by atoms with Gasteiger partial charge in [-0.2, -0.15) is 0 Å². The Labute approximate surface area is 117 Å². The largest absolute Gasteiger partial charge is 0.481 e. The molecule has 20 heavy (non-hydrogen) atoms. The van der Waals surface area contributed by atoms with Gasteiger partial charge < -0.3 is 19.7 Å². The van der Waals surface area contributed by atoms with Crippen molar-refractivity contribution < 1.29 is 19.1 Å². The summed E-state index contributed by atoms with van der Waals surface area (Å²) in [4.78, 5) is 25.1. The van der Waals surface area contributed by atoms with Gasteiger partial charge in [-0.05, 0) is 24.5 Å². The lowest BCUT2D eigenvalue weighted by atomic mass is 9.76. The molecule has 1 aromatic rings. The summed E-state index contributed by atoms with van der Waals surface area (Å²) in [7, 11) is 0. The van der Waals surface area contributed by atoms with Gasteiger partial charge in [0.2, 0.25) is 0 Å². The van der Waals surface area contributed by atoms with Crippen LogP contribution in [0.1, 0.15) is 26.0 Å². The summed E-state index contributed by atoms with van der Waals surface area (Å²) in [5, 5.41) is 12.2. The summed E-state index contributed by atoms with van der Waals surface area (Å²) in [6.07, 6.45) is 2.04. The molecule has 1 aliphatic heterocycles. The minimum Gasteiger partial charge on any atom is -0.481 e. The molecule has 110 valence electrons. The second-order valence-corrected chi connectivity index (χ2v) is 5.53. The molecule has 1 saturated heterocycles. The second-order valence-electron chi connectivity index (χ2n) is 5.53. The predicted octanol–water partition coefficient (Wildman–Crippen LogP) is 1.92. The van der Waals surface area contributed by atoms with Crippen LogP contribution < -0.4 is 5.32 Å². The SMILES string of the molecule is CC(C)C1(C(=O)O)CCN(C(=O)NCc2ccco2)C1. The number of carbonyl (C=O) groups excluding carboxylic acids is 1. The van der Waals surface area contributed by atoms with Gasteiger partial charge >= 0.3 is 12.0 Å². The molecule has 1 fully saturated rings. The number of nitrogens with one attached hydrogen (secondary N) is 1. The molecule has 2 heterocycles. The number of carbonyl (C=O) groups is 2. The molecular weight excluding hydrogens is 260 g/mol. The molecule has 0 saturated carbocycles. The maximum atomic E-state index is 12.1. The number of hydrogen-bond acceptors (Lipinski definition) is 3. The Balaban J connectivity index is 1.94. The van der Waals surface area contributed by atoms with Crippen LogP contribution in [-0.4, -0.2) is 35.1 Å². The van der Waals surface area contributed by atoms with Crippen molar-refractivity contribution in [2.24, 2.45) is 11.3 Å². The summed E-state index contributed by atoms with van der Waals surface area (Å²) in [5.74, 6) is -0.164. The van der Waals surface area contributed by atoms with Gasteiger partial charge in [0.1, 0.15) is 5.76 Å². The van der Waals surface area contributed by atoms with Crippen molar-refractivity contribution >= 4 is 12.0 Å². The van der Waals surface area contributed by atoms with Crippen LogP contribution in [0, 0.1) is 11.3 Å². The highest BCUT2D eigenvalue weighted by Gasteiger charge is 2.48. The number of urea groups is 1. The third kappa shape index (κ3) is 2.64. The van der Waals surface area contributed by atoms with E-state index in [9.17, 15) is 14.7 Å². The Morgan fingerprint density at radius 1 is 1.55 bits per heavy atom. The van der Waals surface area contributed by atoms with Crippen molar-refractivity contribution in [2.45, 2.75) is 26.8 Å². The molecule has 1 aliphatic rings. The van der Waals surface area contributed by atoms with Gasteiger partial charge in [-0.1, -0.05) is 13.8 Å². The van der Waals surface area contributed by atoms with E-state index in [2.05, 4.69) is 5.32 Å². The van der Waals surface area contributed by atoms with Crippen molar-refractivity contribution in [1.82, 2.24) is 10.2 Å². The van der Waals surface area contributed by atoms with Crippen LogP contribution >= 0.6 is 0 Å². The Morgan fingerprint density at radius 3 is 2.80 bits per heavy atom. The van der Waals surface area contributed by atoms with Crippen LogP contribution in [-0.2, 0) is 11.3 Å². The molecule has 2 amide bonds. The van der Waals surface area contributed by atoms with E-state index < -0.39 is 11.4 Å². The summed E-state index contributed by atoms with van der Waals surface area (Å²) in [6.45, 7) is 4.80. The van der Waals surface area contributed by atoms with E-state index in [1.54, 1.807) is 23.3 Å². The fourth-order valence-electron chi connectivity index (χ4n) is 2.59. The minimum atomic E-state index is -0.831. The molecule has 2 N–H and O–H groups in total. The van der Waals surface area contributed by atoms with Crippen LogP contribution in [0.2, 0.25) is 0 Å². The number of carboxylic acids is 1. The zero-order valence-corrected chi connectivity index (χ0v) is 11.8. The molecule has 1 aromatic heterocycles. The first-order chi connectivity index (χ1) is 9.45. The first kappa shape index (κ1) is 14.4. The molecule has 0 aromatic carbocycles. The Morgan fingerprint density at radius 2 is 2.30 bits per heavy atom. The number of furan rings is 1. The van der Waals surface area contributed by atoms with E-state index in [1.165, 1.54) is 0 Å². The van der Waals surface area contributed by atoms with Crippen molar-refractivity contribution in [3.05, 3.63) is 24.2 Å². The number of aliphatic carboxylic acids is 1. The van der Waals surface area contributed by atoms with E-state index in [-0.39, 0.29) is 18.5 Å². The van der Waals surface area contributed by atoms with Crippen molar-refractivity contribution in [1.29, 1.82) is 0 Å². The van der Waals surface area contributed by atoms with Crippen LogP contribution in [0.25, 0.3) is 0 Å². The fourth-order valence-corrected chi connectivity index (χ4v) is 2.59. The van der Waals surface area contributed by atoms with Crippen molar-refractivity contribution in [2.75, 3.05) is 13.1 Å². The molecule has 0 aliphatic carbocycles. The zero-order chi connectivity index (χ0) is 14.8. The van der Waals surface area contributed by atoms with Gasteiger partial charge in [0.25, 0.3) is 0 Å². The molecule has 2 rings (SSSR count). The molecule has 0 radical (unpaired) electrons. The maximum Gasteiger partial charge on any atom is 0.317 e. The lowest BCUT2D eigenvalue weighted by molar-refractivity contribution is -0.150. The quantitative estimate of drug-likeness (QED) is 0.882. The number of likely N-dealkylation sites (tertiary alicyclic amines) is 1. The van der Waals surface area contributed by atoms with Gasteiger partial charge in [0.15, 0.2) is 0 Å². The highest BCUT2D eigenvalue weighted by molar-refractivity contribution is 5.80. The lowest BCUT2D eigenvalue weighted by Crippen LogP contribution is -2.43. The van der Waals surface area contributed by atoms with Gasteiger partial charge in [-0.25, -0.2) is 4.79 Å². The predicted molar refractivity (Wildman–Crippen MR) is 72.0 cm³/mol. The summed E-state index contributed by atoms with van der Waals surface area (Å²) in [5.41, 5.74) is -0.831. The molecule has 1 unspecified atom stereocenters. The van der Waals surface area contributed by atoms with Crippen molar-refractivity contribution in [3.63, 3.8) is 0 Å². The molecule has 1 atom stereocenters. The number of amides is 2. The van der Waals surface area contributed by atoms with E-state index >= 15 is 0 Å². The average Bonchev–Trinajstić information content (AvgIpc) is 3.05. The van der Waals surface area contributed by atoms with E-state index in [1.807, 2.05) is 13.8 Å². The second kappa shape index (κ2) is 5.56. The van der Waals surface area contributed by atoms with Crippen molar-refractivity contribution in [3.8, 4) is 0 Å². The highest BCUT2D eigenvalue weighted by Crippen LogP contribution is 2.38. The third-order valence-corrected chi connectivity index (χ3v) is 4.11. The standard InChI is InChI=1S/C14H20N2O4/c1-10(2)14(12(17)18)5-6-16(9-14)13(19)15-8-11-4-3-7-20-11/h3-4,7,10H,5-6,8-9H2,1-2H3,(H,15,19)(H,17,18). The number of rotatable bonds is 4. The number of nitrogens with zero attached hydrogens (tertiary/aromatic N) is 1. The first-order valence-electron chi connectivity index (χ1n) is 6.74. The number of hydrogen-bond donors (Lipinski definition) is 2. The van der Waals surface area contributed by atoms with Crippen LogP contribution in [0.15, 0.2) is 22.8 Å².